The lowest BCUT2D eigenvalue weighted by Crippen LogP contribution is -2.52. The zero-order valence-corrected chi connectivity index (χ0v) is 20.7. The van der Waals surface area contributed by atoms with E-state index in [0.29, 0.717) is 34.9 Å². The number of nitrogens with one attached hydrogen (secondary N) is 2. The number of nitriles is 1. The first-order valence-electron chi connectivity index (χ1n) is 11.3. The molecule has 0 saturated heterocycles. The number of benzene rings is 3. The van der Waals surface area contributed by atoms with Crippen molar-refractivity contribution < 1.29 is 23.8 Å². The second-order valence-electron chi connectivity index (χ2n) is 8.56. The Morgan fingerprint density at radius 3 is 2.28 bits per heavy atom. The molecule has 186 valence electrons. The fourth-order valence-corrected chi connectivity index (χ4v) is 3.51. The van der Waals surface area contributed by atoms with E-state index >= 15 is 0 Å². The van der Waals surface area contributed by atoms with Crippen LogP contribution < -0.4 is 20.1 Å². The van der Waals surface area contributed by atoms with E-state index in [2.05, 4.69) is 16.7 Å². The van der Waals surface area contributed by atoms with E-state index < -0.39 is 23.5 Å². The Hall–Kier alpha value is -4.51. The number of carbonyl (C=O) groups excluding carboxylic acids is 2. The SMILES string of the molecule is COC(=O)C(C)(C)NC(=O)C(Nc1ccc(C#N)cc1)c1ccc(OCc2ccccc2)c(OC)c1. The van der Waals surface area contributed by atoms with Crippen LogP contribution in [-0.2, 0) is 20.9 Å². The van der Waals surface area contributed by atoms with Crippen LogP contribution in [0.4, 0.5) is 5.69 Å². The van der Waals surface area contributed by atoms with Crippen molar-refractivity contribution in [1.82, 2.24) is 5.32 Å². The quantitative estimate of drug-likeness (QED) is 0.409. The Kier molecular flexibility index (Phi) is 8.52. The molecule has 36 heavy (non-hydrogen) atoms. The van der Waals surface area contributed by atoms with Crippen LogP contribution >= 0.6 is 0 Å². The minimum Gasteiger partial charge on any atom is -0.493 e. The Bertz CT molecular complexity index is 1230. The number of rotatable bonds is 10. The summed E-state index contributed by atoms with van der Waals surface area (Å²) in [6.07, 6.45) is 0. The Morgan fingerprint density at radius 1 is 0.972 bits per heavy atom. The number of hydrogen-bond donors (Lipinski definition) is 2. The summed E-state index contributed by atoms with van der Waals surface area (Å²) in [7, 11) is 2.79. The maximum absolute atomic E-state index is 13.4. The van der Waals surface area contributed by atoms with Gasteiger partial charge in [0.1, 0.15) is 18.2 Å². The number of carbonyl (C=O) groups is 2. The van der Waals surface area contributed by atoms with Gasteiger partial charge < -0.3 is 24.8 Å². The summed E-state index contributed by atoms with van der Waals surface area (Å²) in [5, 5.41) is 15.0. The molecular weight excluding hydrogens is 458 g/mol. The molecule has 3 rings (SSSR count). The smallest absolute Gasteiger partial charge is 0.330 e. The topological polar surface area (TPSA) is 110 Å². The van der Waals surface area contributed by atoms with Crippen molar-refractivity contribution in [2.24, 2.45) is 0 Å². The average Bonchev–Trinajstić information content (AvgIpc) is 2.90. The molecule has 0 spiro atoms. The van der Waals surface area contributed by atoms with Crippen LogP contribution in [0.5, 0.6) is 11.5 Å². The van der Waals surface area contributed by atoms with E-state index in [1.54, 1.807) is 56.3 Å². The first kappa shape index (κ1) is 26.1. The maximum Gasteiger partial charge on any atom is 0.330 e. The van der Waals surface area contributed by atoms with Crippen molar-refractivity contribution in [3.05, 3.63) is 89.5 Å². The lowest BCUT2D eigenvalue weighted by Gasteiger charge is -2.27. The van der Waals surface area contributed by atoms with Crippen LogP contribution in [0.25, 0.3) is 0 Å². The van der Waals surface area contributed by atoms with E-state index in [0.717, 1.165) is 5.56 Å². The van der Waals surface area contributed by atoms with Gasteiger partial charge in [-0.2, -0.15) is 5.26 Å². The number of amides is 1. The van der Waals surface area contributed by atoms with Gasteiger partial charge in [-0.05, 0) is 61.4 Å². The molecule has 0 saturated carbocycles. The van der Waals surface area contributed by atoms with Crippen molar-refractivity contribution in [2.75, 3.05) is 19.5 Å². The molecule has 8 heteroatoms. The van der Waals surface area contributed by atoms with Crippen LogP contribution in [0.2, 0.25) is 0 Å². The minimum atomic E-state index is -1.25. The lowest BCUT2D eigenvalue weighted by atomic mass is 10.0. The molecule has 3 aromatic carbocycles. The molecule has 0 aliphatic rings. The normalized spacial score (nSPS) is 11.5. The Morgan fingerprint density at radius 2 is 1.67 bits per heavy atom. The molecule has 8 nitrogen and oxygen atoms in total. The predicted molar refractivity (Wildman–Crippen MR) is 136 cm³/mol. The molecule has 0 radical (unpaired) electrons. The van der Waals surface area contributed by atoms with Crippen molar-refractivity contribution in [3.8, 4) is 17.6 Å². The first-order valence-corrected chi connectivity index (χ1v) is 11.3. The molecule has 0 heterocycles. The summed E-state index contributed by atoms with van der Waals surface area (Å²) in [5.41, 5.74) is 1.46. The third-order valence-electron chi connectivity index (χ3n) is 5.48. The predicted octanol–water partition coefficient (Wildman–Crippen LogP) is 4.37. The molecule has 0 aromatic heterocycles. The summed E-state index contributed by atoms with van der Waals surface area (Å²) in [4.78, 5) is 25.6. The van der Waals surface area contributed by atoms with Crippen LogP contribution in [-0.4, -0.2) is 31.6 Å². The molecular formula is C28H29N3O5. The monoisotopic (exact) mass is 487 g/mol. The highest BCUT2D eigenvalue weighted by Crippen LogP contribution is 2.32. The van der Waals surface area contributed by atoms with E-state index in [-0.39, 0.29) is 0 Å². The van der Waals surface area contributed by atoms with E-state index in [1.165, 1.54) is 14.2 Å². The number of anilines is 1. The number of nitrogens with zero attached hydrogens (tertiary/aromatic N) is 1. The molecule has 0 bridgehead atoms. The highest BCUT2D eigenvalue weighted by Gasteiger charge is 2.34. The molecule has 0 aliphatic carbocycles. The Balaban J connectivity index is 1.90. The molecule has 2 N–H and O–H groups in total. The summed E-state index contributed by atoms with van der Waals surface area (Å²) < 4.78 is 16.3. The number of esters is 1. The highest BCUT2D eigenvalue weighted by molar-refractivity contribution is 5.92. The van der Waals surface area contributed by atoms with Gasteiger partial charge in [-0.25, -0.2) is 4.79 Å². The van der Waals surface area contributed by atoms with Gasteiger partial charge in [-0.15, -0.1) is 0 Å². The fourth-order valence-electron chi connectivity index (χ4n) is 3.51. The lowest BCUT2D eigenvalue weighted by molar-refractivity contribution is -0.149. The number of ether oxygens (including phenoxy) is 3. The Labute approximate surface area is 210 Å². The average molecular weight is 488 g/mol. The largest absolute Gasteiger partial charge is 0.493 e. The van der Waals surface area contributed by atoms with Gasteiger partial charge >= 0.3 is 5.97 Å². The molecule has 0 fully saturated rings. The van der Waals surface area contributed by atoms with Gasteiger partial charge in [0.05, 0.1) is 25.9 Å². The van der Waals surface area contributed by atoms with Crippen molar-refractivity contribution >= 4 is 17.6 Å². The molecule has 1 unspecified atom stereocenters. The maximum atomic E-state index is 13.4. The van der Waals surface area contributed by atoms with Crippen LogP contribution in [0.15, 0.2) is 72.8 Å². The van der Waals surface area contributed by atoms with Crippen LogP contribution in [0, 0.1) is 11.3 Å². The van der Waals surface area contributed by atoms with Gasteiger partial charge in [-0.1, -0.05) is 36.4 Å². The first-order chi connectivity index (χ1) is 17.3. The van der Waals surface area contributed by atoms with Gasteiger partial charge in [0.2, 0.25) is 5.91 Å². The summed E-state index contributed by atoms with van der Waals surface area (Å²) >= 11 is 0. The van der Waals surface area contributed by atoms with E-state index in [1.807, 2.05) is 30.3 Å². The zero-order valence-electron chi connectivity index (χ0n) is 20.7. The van der Waals surface area contributed by atoms with E-state index in [4.69, 9.17) is 19.5 Å². The summed E-state index contributed by atoms with van der Waals surface area (Å²) in [6, 6.07) is 22.8. The third kappa shape index (κ3) is 6.54. The highest BCUT2D eigenvalue weighted by atomic mass is 16.5. The summed E-state index contributed by atoms with van der Waals surface area (Å²) in [6.45, 7) is 3.49. The van der Waals surface area contributed by atoms with Gasteiger partial charge in [0.25, 0.3) is 0 Å². The zero-order chi connectivity index (χ0) is 26.1. The number of hydrogen-bond acceptors (Lipinski definition) is 7. The summed E-state index contributed by atoms with van der Waals surface area (Å²) in [5.74, 6) is -0.0439. The van der Waals surface area contributed by atoms with Crippen molar-refractivity contribution in [2.45, 2.75) is 32.0 Å². The van der Waals surface area contributed by atoms with Crippen molar-refractivity contribution in [3.63, 3.8) is 0 Å². The second kappa shape index (κ2) is 11.8. The standard InChI is InChI=1S/C28H29N3O5/c1-28(2,27(33)35-4)31-26(32)25(30-22-13-10-19(17-29)11-14-22)21-12-15-23(24(16-21)34-3)36-18-20-8-6-5-7-9-20/h5-16,25,30H,18H2,1-4H3,(H,31,32). The number of methoxy groups -OCH3 is 2. The fraction of sp³-hybridized carbons (Fsp3) is 0.250. The third-order valence-corrected chi connectivity index (χ3v) is 5.48. The molecule has 3 aromatic rings. The van der Waals surface area contributed by atoms with Gasteiger partial charge in [0, 0.05) is 5.69 Å². The van der Waals surface area contributed by atoms with Crippen LogP contribution in [0.3, 0.4) is 0 Å². The minimum absolute atomic E-state index is 0.358. The molecule has 1 atom stereocenters. The van der Waals surface area contributed by atoms with Crippen LogP contribution in [0.1, 0.15) is 36.6 Å². The molecule has 1 amide bonds. The molecule has 0 aliphatic heterocycles. The second-order valence-corrected chi connectivity index (χ2v) is 8.56. The van der Waals surface area contributed by atoms with Gasteiger partial charge in [0.15, 0.2) is 11.5 Å². The van der Waals surface area contributed by atoms with Gasteiger partial charge in [-0.3, -0.25) is 4.79 Å². The van der Waals surface area contributed by atoms with E-state index in [9.17, 15) is 9.59 Å². The van der Waals surface area contributed by atoms with Crippen molar-refractivity contribution in [1.29, 1.82) is 5.26 Å².